The van der Waals surface area contributed by atoms with Crippen molar-refractivity contribution in [2.75, 3.05) is 5.32 Å². The summed E-state index contributed by atoms with van der Waals surface area (Å²) in [7, 11) is 0. The number of anilines is 1. The molecular weight excluding hydrogens is 265 g/mol. The van der Waals surface area contributed by atoms with Gasteiger partial charge in [0, 0.05) is 5.69 Å². The van der Waals surface area contributed by atoms with Crippen LogP contribution in [0.15, 0.2) is 52.2 Å². The molecule has 0 radical (unpaired) electrons. The Hall–Kier alpha value is -2.96. The van der Waals surface area contributed by atoms with Gasteiger partial charge in [0.05, 0.1) is 12.5 Å². The van der Waals surface area contributed by atoms with Crippen LogP contribution >= 0.6 is 0 Å². The molecule has 6 nitrogen and oxygen atoms in total. The van der Waals surface area contributed by atoms with Gasteiger partial charge in [-0.15, -0.1) is 0 Å². The third-order valence-electron chi connectivity index (χ3n) is 2.21. The molecule has 2 N–H and O–H groups in total. The number of halogens is 1. The van der Waals surface area contributed by atoms with Gasteiger partial charge in [0.1, 0.15) is 11.6 Å². The second kappa shape index (κ2) is 6.28. The number of furan rings is 1. The Labute approximate surface area is 113 Å². The molecule has 20 heavy (non-hydrogen) atoms. The van der Waals surface area contributed by atoms with Crippen molar-refractivity contribution >= 4 is 23.7 Å². The lowest BCUT2D eigenvalue weighted by molar-refractivity contribution is -0.136. The molecule has 0 atom stereocenters. The van der Waals surface area contributed by atoms with Crippen LogP contribution in [0.2, 0.25) is 0 Å². The number of nitrogens with zero attached hydrogens (tertiary/aromatic N) is 1. The van der Waals surface area contributed by atoms with E-state index in [1.165, 1.54) is 36.7 Å². The molecule has 102 valence electrons. The summed E-state index contributed by atoms with van der Waals surface area (Å²) >= 11 is 0. The van der Waals surface area contributed by atoms with Gasteiger partial charge in [0.25, 0.3) is 0 Å². The molecule has 0 aliphatic heterocycles. The highest BCUT2D eigenvalue weighted by Gasteiger charge is 2.12. The highest BCUT2D eigenvalue weighted by molar-refractivity contribution is 6.39. The van der Waals surface area contributed by atoms with E-state index >= 15 is 0 Å². The average Bonchev–Trinajstić information content (AvgIpc) is 2.94. The van der Waals surface area contributed by atoms with Crippen LogP contribution in [0.1, 0.15) is 5.76 Å². The number of hydrazone groups is 1. The van der Waals surface area contributed by atoms with E-state index in [-0.39, 0.29) is 0 Å². The minimum absolute atomic E-state index is 0.307. The fraction of sp³-hybridized carbons (Fsp3) is 0. The van der Waals surface area contributed by atoms with E-state index in [0.717, 1.165) is 0 Å². The third kappa shape index (κ3) is 3.77. The van der Waals surface area contributed by atoms with Crippen molar-refractivity contribution in [2.24, 2.45) is 5.10 Å². The predicted octanol–water partition coefficient (Wildman–Crippen LogP) is 1.51. The fourth-order valence-electron chi connectivity index (χ4n) is 1.29. The van der Waals surface area contributed by atoms with E-state index in [0.29, 0.717) is 11.4 Å². The summed E-state index contributed by atoms with van der Waals surface area (Å²) in [6, 6.07) is 8.31. The van der Waals surface area contributed by atoms with Crippen LogP contribution in [0.25, 0.3) is 0 Å². The van der Waals surface area contributed by atoms with Gasteiger partial charge in [-0.25, -0.2) is 9.82 Å². The van der Waals surface area contributed by atoms with Crippen molar-refractivity contribution in [2.45, 2.75) is 0 Å². The Morgan fingerprint density at radius 3 is 2.55 bits per heavy atom. The van der Waals surface area contributed by atoms with Crippen LogP contribution < -0.4 is 10.7 Å². The van der Waals surface area contributed by atoms with Crippen LogP contribution in [0.4, 0.5) is 10.1 Å². The highest BCUT2D eigenvalue weighted by atomic mass is 19.1. The first-order valence-electron chi connectivity index (χ1n) is 5.58. The highest BCUT2D eigenvalue weighted by Crippen LogP contribution is 2.07. The third-order valence-corrected chi connectivity index (χ3v) is 2.21. The van der Waals surface area contributed by atoms with E-state index in [1.54, 1.807) is 12.1 Å². The van der Waals surface area contributed by atoms with Gasteiger partial charge in [0.15, 0.2) is 0 Å². The van der Waals surface area contributed by atoms with E-state index in [1.807, 2.05) is 5.43 Å². The molecule has 0 saturated carbocycles. The normalized spacial score (nSPS) is 10.4. The Balaban J connectivity index is 1.86. The maximum Gasteiger partial charge on any atom is 0.329 e. The quantitative estimate of drug-likeness (QED) is 0.506. The lowest BCUT2D eigenvalue weighted by atomic mass is 10.3. The standard InChI is InChI=1S/C13H10FN3O3/c14-9-3-5-10(6-4-9)16-12(18)13(19)17-15-8-11-2-1-7-20-11/h1-8H,(H,16,18)(H,17,19)/b15-8+. The van der Waals surface area contributed by atoms with Crippen molar-refractivity contribution in [3.8, 4) is 0 Å². The summed E-state index contributed by atoms with van der Waals surface area (Å²) in [5, 5.41) is 5.85. The van der Waals surface area contributed by atoms with Crippen molar-refractivity contribution in [3.63, 3.8) is 0 Å². The monoisotopic (exact) mass is 275 g/mol. The summed E-state index contributed by atoms with van der Waals surface area (Å²) in [6.45, 7) is 0. The van der Waals surface area contributed by atoms with Gasteiger partial charge in [0.2, 0.25) is 0 Å². The molecule has 0 aliphatic carbocycles. The smallest absolute Gasteiger partial charge is 0.329 e. The van der Waals surface area contributed by atoms with Gasteiger partial charge in [-0.1, -0.05) is 0 Å². The topological polar surface area (TPSA) is 83.7 Å². The maximum atomic E-state index is 12.7. The first-order chi connectivity index (χ1) is 9.65. The number of hydrogen-bond donors (Lipinski definition) is 2. The number of carbonyl (C=O) groups is 2. The molecule has 2 aromatic rings. The zero-order valence-electron chi connectivity index (χ0n) is 10.2. The number of amides is 2. The molecule has 1 aromatic heterocycles. The predicted molar refractivity (Wildman–Crippen MR) is 69.5 cm³/mol. The van der Waals surface area contributed by atoms with Gasteiger partial charge in [-0.3, -0.25) is 9.59 Å². The first kappa shape index (κ1) is 13.5. The number of hydrogen-bond acceptors (Lipinski definition) is 4. The molecule has 0 aliphatic rings. The Kier molecular flexibility index (Phi) is 4.23. The van der Waals surface area contributed by atoms with Crippen LogP contribution in [-0.2, 0) is 9.59 Å². The molecule has 1 heterocycles. The zero-order valence-corrected chi connectivity index (χ0v) is 10.2. The van der Waals surface area contributed by atoms with Crippen LogP contribution in [0.5, 0.6) is 0 Å². The Morgan fingerprint density at radius 2 is 1.90 bits per heavy atom. The number of nitrogens with one attached hydrogen (secondary N) is 2. The van der Waals surface area contributed by atoms with Crippen molar-refractivity contribution in [1.29, 1.82) is 0 Å². The van der Waals surface area contributed by atoms with Crippen molar-refractivity contribution < 1.29 is 18.4 Å². The average molecular weight is 275 g/mol. The van der Waals surface area contributed by atoms with Gasteiger partial charge in [-0.2, -0.15) is 5.10 Å². The number of carbonyl (C=O) groups excluding carboxylic acids is 2. The Bertz CT molecular complexity index is 621. The largest absolute Gasteiger partial charge is 0.463 e. The summed E-state index contributed by atoms with van der Waals surface area (Å²) in [6.07, 6.45) is 2.70. The van der Waals surface area contributed by atoms with Gasteiger partial charge >= 0.3 is 11.8 Å². The van der Waals surface area contributed by atoms with E-state index < -0.39 is 17.6 Å². The molecule has 2 amide bonds. The second-order valence-electron chi connectivity index (χ2n) is 3.68. The molecule has 2 rings (SSSR count). The molecule has 1 aromatic carbocycles. The number of benzene rings is 1. The lowest BCUT2D eigenvalue weighted by Gasteiger charge is -2.03. The lowest BCUT2D eigenvalue weighted by Crippen LogP contribution is -2.32. The van der Waals surface area contributed by atoms with Gasteiger partial charge < -0.3 is 9.73 Å². The molecule has 0 saturated heterocycles. The SMILES string of the molecule is O=C(N/N=C/c1ccco1)C(=O)Nc1ccc(F)cc1. The van der Waals surface area contributed by atoms with E-state index in [2.05, 4.69) is 10.4 Å². The molecule has 0 bridgehead atoms. The van der Waals surface area contributed by atoms with E-state index in [9.17, 15) is 14.0 Å². The van der Waals surface area contributed by atoms with E-state index in [4.69, 9.17) is 4.42 Å². The first-order valence-corrected chi connectivity index (χ1v) is 5.58. The molecule has 0 fully saturated rings. The summed E-state index contributed by atoms with van der Waals surface area (Å²) < 4.78 is 17.6. The van der Waals surface area contributed by atoms with Crippen LogP contribution in [-0.4, -0.2) is 18.0 Å². The minimum Gasteiger partial charge on any atom is -0.463 e. The van der Waals surface area contributed by atoms with Crippen molar-refractivity contribution in [1.82, 2.24) is 5.43 Å². The summed E-state index contributed by atoms with van der Waals surface area (Å²) in [4.78, 5) is 22.9. The molecule has 0 spiro atoms. The zero-order chi connectivity index (χ0) is 14.4. The van der Waals surface area contributed by atoms with Crippen LogP contribution in [0, 0.1) is 5.82 Å². The fourth-order valence-corrected chi connectivity index (χ4v) is 1.29. The van der Waals surface area contributed by atoms with Crippen molar-refractivity contribution in [3.05, 3.63) is 54.2 Å². The Morgan fingerprint density at radius 1 is 1.15 bits per heavy atom. The number of rotatable bonds is 3. The summed E-state index contributed by atoms with van der Waals surface area (Å²) in [5.74, 6) is -1.86. The van der Waals surface area contributed by atoms with Gasteiger partial charge in [-0.05, 0) is 36.4 Å². The molecule has 0 unspecified atom stereocenters. The second-order valence-corrected chi connectivity index (χ2v) is 3.68. The summed E-state index contributed by atoms with van der Waals surface area (Å²) in [5.41, 5.74) is 2.34. The minimum atomic E-state index is -0.947. The van der Waals surface area contributed by atoms with Crippen LogP contribution in [0.3, 0.4) is 0 Å². The molecular formula is C13H10FN3O3. The maximum absolute atomic E-state index is 12.7. The molecule has 7 heteroatoms.